The summed E-state index contributed by atoms with van der Waals surface area (Å²) in [7, 11) is 0. The van der Waals surface area contributed by atoms with Crippen LogP contribution in [0.5, 0.6) is 0 Å². The lowest BCUT2D eigenvalue weighted by Crippen LogP contribution is -2.21. The van der Waals surface area contributed by atoms with E-state index < -0.39 is 0 Å². The SMILES string of the molecule is Cc1ccc(-c2csc3ncn(CCCn4ccnc4)c(=O)c23)cc1. The first-order chi connectivity index (χ1) is 12.2. The smallest absolute Gasteiger partial charge is 0.262 e. The van der Waals surface area contributed by atoms with Gasteiger partial charge >= 0.3 is 0 Å². The number of rotatable bonds is 5. The van der Waals surface area contributed by atoms with Gasteiger partial charge in [0.15, 0.2) is 0 Å². The third-order valence-corrected chi connectivity index (χ3v) is 5.18. The molecular weight excluding hydrogens is 332 g/mol. The van der Waals surface area contributed by atoms with Crippen molar-refractivity contribution < 1.29 is 0 Å². The maximum Gasteiger partial charge on any atom is 0.262 e. The number of hydrogen-bond acceptors (Lipinski definition) is 4. The van der Waals surface area contributed by atoms with Gasteiger partial charge in [0.25, 0.3) is 5.56 Å². The second kappa shape index (κ2) is 6.64. The summed E-state index contributed by atoms with van der Waals surface area (Å²) in [6.07, 6.45) is 8.00. The Hall–Kier alpha value is -2.73. The molecule has 6 heteroatoms. The van der Waals surface area contributed by atoms with Crippen LogP contribution in [0.4, 0.5) is 0 Å². The third kappa shape index (κ3) is 3.13. The van der Waals surface area contributed by atoms with E-state index in [1.807, 2.05) is 16.1 Å². The summed E-state index contributed by atoms with van der Waals surface area (Å²) in [5, 5.41) is 2.75. The predicted octanol–water partition coefficient (Wildman–Crippen LogP) is 3.72. The lowest BCUT2D eigenvalue weighted by molar-refractivity contribution is 0.550. The zero-order chi connectivity index (χ0) is 17.2. The van der Waals surface area contributed by atoms with Crippen molar-refractivity contribution in [2.75, 3.05) is 0 Å². The molecule has 25 heavy (non-hydrogen) atoms. The Kier molecular flexibility index (Phi) is 4.19. The zero-order valence-corrected chi connectivity index (χ0v) is 14.7. The number of fused-ring (bicyclic) bond motifs is 1. The van der Waals surface area contributed by atoms with E-state index in [1.54, 1.807) is 23.4 Å². The molecule has 5 nitrogen and oxygen atoms in total. The van der Waals surface area contributed by atoms with Crippen LogP contribution in [0.2, 0.25) is 0 Å². The first-order valence-electron chi connectivity index (χ1n) is 8.22. The fourth-order valence-electron chi connectivity index (χ4n) is 2.92. The molecule has 0 saturated heterocycles. The first kappa shape index (κ1) is 15.8. The fraction of sp³-hybridized carbons (Fsp3) is 0.211. The minimum absolute atomic E-state index is 0.0347. The largest absolute Gasteiger partial charge is 0.337 e. The van der Waals surface area contributed by atoms with E-state index in [4.69, 9.17) is 0 Å². The summed E-state index contributed by atoms with van der Waals surface area (Å²) in [6.45, 7) is 3.53. The summed E-state index contributed by atoms with van der Waals surface area (Å²) in [5.41, 5.74) is 3.28. The van der Waals surface area contributed by atoms with Crippen LogP contribution < -0.4 is 5.56 Å². The fourth-order valence-corrected chi connectivity index (χ4v) is 3.82. The Morgan fingerprint density at radius 2 is 1.96 bits per heavy atom. The van der Waals surface area contributed by atoms with Gasteiger partial charge in [0.1, 0.15) is 4.83 Å². The number of hydrogen-bond donors (Lipinski definition) is 0. The molecule has 126 valence electrons. The first-order valence-corrected chi connectivity index (χ1v) is 9.10. The highest BCUT2D eigenvalue weighted by atomic mass is 32.1. The van der Waals surface area contributed by atoms with E-state index >= 15 is 0 Å². The normalized spacial score (nSPS) is 11.2. The Labute approximate surface area is 149 Å². The minimum atomic E-state index is 0.0347. The van der Waals surface area contributed by atoms with Gasteiger partial charge in [-0.25, -0.2) is 9.97 Å². The number of thiophene rings is 1. The van der Waals surface area contributed by atoms with Crippen molar-refractivity contribution in [1.29, 1.82) is 0 Å². The molecule has 0 amide bonds. The lowest BCUT2D eigenvalue weighted by Gasteiger charge is -2.07. The van der Waals surface area contributed by atoms with Gasteiger partial charge in [-0.15, -0.1) is 11.3 Å². The maximum atomic E-state index is 13.0. The molecule has 3 heterocycles. The van der Waals surface area contributed by atoms with Crippen molar-refractivity contribution in [2.45, 2.75) is 26.4 Å². The highest BCUT2D eigenvalue weighted by molar-refractivity contribution is 7.17. The molecule has 0 N–H and O–H groups in total. The molecular formula is C19H18N4OS. The summed E-state index contributed by atoms with van der Waals surface area (Å²) in [6, 6.07) is 8.26. The molecule has 0 spiro atoms. The predicted molar refractivity (Wildman–Crippen MR) is 101 cm³/mol. The van der Waals surface area contributed by atoms with Crippen LogP contribution in [0, 0.1) is 6.92 Å². The van der Waals surface area contributed by atoms with Gasteiger partial charge in [-0.2, -0.15) is 0 Å². The van der Waals surface area contributed by atoms with Crippen molar-refractivity contribution >= 4 is 21.6 Å². The maximum absolute atomic E-state index is 13.0. The van der Waals surface area contributed by atoms with E-state index in [1.165, 1.54) is 16.9 Å². The third-order valence-electron chi connectivity index (χ3n) is 4.30. The van der Waals surface area contributed by atoms with Crippen molar-refractivity contribution in [2.24, 2.45) is 0 Å². The average molecular weight is 350 g/mol. The average Bonchev–Trinajstić information content (AvgIpc) is 3.27. The molecule has 1 aromatic carbocycles. The van der Waals surface area contributed by atoms with E-state index in [0.29, 0.717) is 6.54 Å². The molecule has 0 aliphatic carbocycles. The van der Waals surface area contributed by atoms with Gasteiger partial charge in [-0.05, 0) is 18.9 Å². The zero-order valence-electron chi connectivity index (χ0n) is 13.9. The second-order valence-corrected chi connectivity index (χ2v) is 6.95. The molecule has 0 aliphatic rings. The van der Waals surface area contributed by atoms with Crippen LogP contribution >= 0.6 is 11.3 Å². The van der Waals surface area contributed by atoms with Gasteiger partial charge in [0, 0.05) is 36.4 Å². The molecule has 0 atom stereocenters. The van der Waals surface area contributed by atoms with Crippen molar-refractivity contribution in [3.05, 3.63) is 70.6 Å². The summed E-state index contributed by atoms with van der Waals surface area (Å²) >= 11 is 1.52. The number of benzene rings is 1. The standard InChI is InChI=1S/C19H18N4OS/c1-14-3-5-15(6-4-14)16-11-25-18-17(16)19(24)23(13-21-18)9-2-8-22-10-7-20-12-22/h3-7,10-13H,2,8-9H2,1H3. The molecule has 0 fully saturated rings. The highest BCUT2D eigenvalue weighted by Gasteiger charge is 2.13. The Morgan fingerprint density at radius 1 is 1.12 bits per heavy atom. The summed E-state index contributed by atoms with van der Waals surface area (Å²) in [5.74, 6) is 0. The number of aromatic nitrogens is 4. The molecule has 3 aromatic heterocycles. The monoisotopic (exact) mass is 350 g/mol. The van der Waals surface area contributed by atoms with E-state index in [-0.39, 0.29) is 5.56 Å². The quantitative estimate of drug-likeness (QED) is 0.551. The van der Waals surface area contributed by atoms with Crippen LogP contribution in [0.1, 0.15) is 12.0 Å². The molecule has 0 aliphatic heterocycles. The molecule has 4 rings (SSSR count). The number of aryl methyl sites for hydroxylation is 3. The van der Waals surface area contributed by atoms with Crippen molar-refractivity contribution in [3.8, 4) is 11.1 Å². The van der Waals surface area contributed by atoms with E-state index in [0.717, 1.165) is 34.3 Å². The molecule has 4 aromatic rings. The van der Waals surface area contributed by atoms with Gasteiger partial charge in [0.05, 0.1) is 18.0 Å². The minimum Gasteiger partial charge on any atom is -0.337 e. The topological polar surface area (TPSA) is 52.7 Å². The van der Waals surface area contributed by atoms with Crippen molar-refractivity contribution in [1.82, 2.24) is 19.1 Å². The Morgan fingerprint density at radius 3 is 2.72 bits per heavy atom. The van der Waals surface area contributed by atoms with Crippen molar-refractivity contribution in [3.63, 3.8) is 0 Å². The molecule has 0 radical (unpaired) electrons. The van der Waals surface area contributed by atoms with Gasteiger partial charge in [0.2, 0.25) is 0 Å². The number of imidazole rings is 1. The van der Waals surface area contributed by atoms with Gasteiger partial charge in [-0.1, -0.05) is 29.8 Å². The van der Waals surface area contributed by atoms with Crippen LogP contribution in [-0.4, -0.2) is 19.1 Å². The van der Waals surface area contributed by atoms with E-state index in [9.17, 15) is 4.79 Å². The van der Waals surface area contributed by atoms with Crippen LogP contribution in [0.3, 0.4) is 0 Å². The molecule has 0 unspecified atom stereocenters. The van der Waals surface area contributed by atoms with Crippen LogP contribution in [-0.2, 0) is 13.1 Å². The lowest BCUT2D eigenvalue weighted by atomic mass is 10.1. The van der Waals surface area contributed by atoms with Crippen LogP contribution in [0.15, 0.2) is 59.5 Å². The van der Waals surface area contributed by atoms with E-state index in [2.05, 4.69) is 41.2 Å². The van der Waals surface area contributed by atoms with Gasteiger partial charge < -0.3 is 4.57 Å². The van der Waals surface area contributed by atoms with Gasteiger partial charge in [-0.3, -0.25) is 9.36 Å². The molecule has 0 bridgehead atoms. The highest BCUT2D eigenvalue weighted by Crippen LogP contribution is 2.30. The molecule has 0 saturated carbocycles. The second-order valence-electron chi connectivity index (χ2n) is 6.09. The summed E-state index contributed by atoms with van der Waals surface area (Å²) < 4.78 is 3.73. The Balaban J connectivity index is 1.65. The number of nitrogens with zero attached hydrogens (tertiary/aromatic N) is 4. The Bertz CT molecular complexity index is 1050. The summed E-state index contributed by atoms with van der Waals surface area (Å²) in [4.78, 5) is 22.3. The van der Waals surface area contributed by atoms with Crippen LogP contribution in [0.25, 0.3) is 21.3 Å².